The highest BCUT2D eigenvalue weighted by Crippen LogP contribution is 2.22. The van der Waals surface area contributed by atoms with Crippen LogP contribution in [-0.2, 0) is 0 Å². The van der Waals surface area contributed by atoms with E-state index in [4.69, 9.17) is 5.11 Å². The van der Waals surface area contributed by atoms with Gasteiger partial charge in [-0.1, -0.05) is 0 Å². The topological polar surface area (TPSA) is 122 Å². The Kier molecular flexibility index (Phi) is 4.19. The number of non-ortho nitro benzene ring substituents is 1. The molecule has 1 aromatic rings. The van der Waals surface area contributed by atoms with Crippen molar-refractivity contribution in [3.8, 4) is 0 Å². The molecule has 0 bridgehead atoms. The zero-order chi connectivity index (χ0) is 13.7. The van der Waals surface area contributed by atoms with E-state index in [1.165, 1.54) is 6.07 Å². The molecule has 18 heavy (non-hydrogen) atoms. The van der Waals surface area contributed by atoms with E-state index in [0.29, 0.717) is 6.54 Å². The number of amides is 2. The van der Waals surface area contributed by atoms with Crippen molar-refractivity contribution in [3.05, 3.63) is 33.9 Å². The summed E-state index contributed by atoms with van der Waals surface area (Å²) in [6.45, 7) is 2.08. The first-order chi connectivity index (χ1) is 8.45. The summed E-state index contributed by atoms with van der Waals surface area (Å²) < 4.78 is 0. The number of rotatable bonds is 4. The summed E-state index contributed by atoms with van der Waals surface area (Å²) in [4.78, 5) is 32.0. The molecule has 8 heteroatoms. The second-order valence-electron chi connectivity index (χ2n) is 3.28. The number of benzene rings is 1. The fourth-order valence-corrected chi connectivity index (χ4v) is 1.26. The third kappa shape index (κ3) is 3.17. The van der Waals surface area contributed by atoms with Crippen LogP contribution in [-0.4, -0.2) is 28.6 Å². The van der Waals surface area contributed by atoms with Gasteiger partial charge in [0, 0.05) is 18.7 Å². The number of carbonyl (C=O) groups is 2. The summed E-state index contributed by atoms with van der Waals surface area (Å²) in [5.74, 6) is -1.36. The number of anilines is 1. The van der Waals surface area contributed by atoms with Crippen molar-refractivity contribution in [1.29, 1.82) is 0 Å². The lowest BCUT2D eigenvalue weighted by Crippen LogP contribution is -2.28. The van der Waals surface area contributed by atoms with Crippen molar-refractivity contribution in [2.75, 3.05) is 11.9 Å². The lowest BCUT2D eigenvalue weighted by molar-refractivity contribution is -0.384. The van der Waals surface area contributed by atoms with Gasteiger partial charge >= 0.3 is 12.0 Å². The van der Waals surface area contributed by atoms with Gasteiger partial charge in [-0.3, -0.25) is 10.1 Å². The average molecular weight is 253 g/mol. The molecule has 1 aromatic carbocycles. The predicted octanol–water partition coefficient (Wildman–Crippen LogP) is 1.43. The average Bonchev–Trinajstić information content (AvgIpc) is 2.29. The Morgan fingerprint density at radius 2 is 2.11 bits per heavy atom. The van der Waals surface area contributed by atoms with Crippen LogP contribution >= 0.6 is 0 Å². The monoisotopic (exact) mass is 253 g/mol. The van der Waals surface area contributed by atoms with Crippen LogP contribution in [0.3, 0.4) is 0 Å². The number of carbonyl (C=O) groups excluding carboxylic acids is 1. The third-order valence-electron chi connectivity index (χ3n) is 2.03. The smallest absolute Gasteiger partial charge is 0.338 e. The Morgan fingerprint density at radius 1 is 1.44 bits per heavy atom. The molecule has 0 heterocycles. The number of nitrogens with zero attached hydrogens (tertiary/aromatic N) is 1. The maximum Gasteiger partial charge on any atom is 0.338 e. The van der Waals surface area contributed by atoms with Gasteiger partial charge in [-0.15, -0.1) is 0 Å². The summed E-state index contributed by atoms with van der Waals surface area (Å²) in [7, 11) is 0. The number of nitro benzene ring substituents is 1. The highest BCUT2D eigenvalue weighted by molar-refractivity contribution is 6.00. The summed E-state index contributed by atoms with van der Waals surface area (Å²) in [5.41, 5.74) is -0.691. The lowest BCUT2D eigenvalue weighted by atomic mass is 10.1. The molecule has 0 atom stereocenters. The van der Waals surface area contributed by atoms with Crippen LogP contribution in [0.25, 0.3) is 0 Å². The molecule has 96 valence electrons. The van der Waals surface area contributed by atoms with Crippen LogP contribution in [0.1, 0.15) is 17.3 Å². The van der Waals surface area contributed by atoms with Crippen molar-refractivity contribution in [2.45, 2.75) is 6.92 Å². The van der Waals surface area contributed by atoms with Crippen LogP contribution in [0.5, 0.6) is 0 Å². The number of hydrogen-bond donors (Lipinski definition) is 3. The second kappa shape index (κ2) is 5.62. The van der Waals surface area contributed by atoms with E-state index in [1.54, 1.807) is 6.92 Å². The van der Waals surface area contributed by atoms with E-state index < -0.39 is 16.9 Å². The first-order valence-corrected chi connectivity index (χ1v) is 5.02. The number of aromatic carboxylic acids is 1. The van der Waals surface area contributed by atoms with Crippen LogP contribution in [0.15, 0.2) is 18.2 Å². The van der Waals surface area contributed by atoms with Crippen molar-refractivity contribution < 1.29 is 19.6 Å². The summed E-state index contributed by atoms with van der Waals surface area (Å²) in [6.07, 6.45) is 0. The van der Waals surface area contributed by atoms with Gasteiger partial charge in [-0.05, 0) is 13.0 Å². The van der Waals surface area contributed by atoms with Gasteiger partial charge in [0.2, 0.25) is 0 Å². The lowest BCUT2D eigenvalue weighted by Gasteiger charge is -2.08. The van der Waals surface area contributed by atoms with Gasteiger partial charge in [0.1, 0.15) is 0 Å². The maximum atomic E-state index is 11.3. The minimum Gasteiger partial charge on any atom is -0.478 e. The number of nitro groups is 1. The van der Waals surface area contributed by atoms with Gasteiger partial charge in [-0.2, -0.15) is 0 Å². The molecule has 0 aliphatic heterocycles. The van der Waals surface area contributed by atoms with E-state index >= 15 is 0 Å². The quantitative estimate of drug-likeness (QED) is 0.553. The Labute approximate surface area is 102 Å². The summed E-state index contributed by atoms with van der Waals surface area (Å²) in [5, 5.41) is 24.2. The summed E-state index contributed by atoms with van der Waals surface area (Å²) >= 11 is 0. The molecular weight excluding hydrogens is 242 g/mol. The molecule has 8 nitrogen and oxygen atoms in total. The first-order valence-electron chi connectivity index (χ1n) is 5.02. The van der Waals surface area contributed by atoms with E-state index in [-0.39, 0.29) is 16.9 Å². The van der Waals surface area contributed by atoms with Crippen molar-refractivity contribution in [3.63, 3.8) is 0 Å². The van der Waals surface area contributed by atoms with Crippen LogP contribution in [0.4, 0.5) is 16.2 Å². The molecule has 1 rings (SSSR count). The van der Waals surface area contributed by atoms with Gasteiger partial charge in [0.05, 0.1) is 16.2 Å². The fraction of sp³-hybridized carbons (Fsp3) is 0.200. The molecule has 0 fully saturated rings. The van der Waals surface area contributed by atoms with Gasteiger partial charge in [0.25, 0.3) is 5.69 Å². The van der Waals surface area contributed by atoms with Crippen molar-refractivity contribution in [1.82, 2.24) is 5.32 Å². The van der Waals surface area contributed by atoms with E-state index in [0.717, 1.165) is 12.1 Å². The SMILES string of the molecule is CCNC(=O)Nc1ccc([N+](=O)[O-])cc1C(=O)O. The van der Waals surface area contributed by atoms with Crippen LogP contribution < -0.4 is 10.6 Å². The molecule has 0 aromatic heterocycles. The fourth-order valence-electron chi connectivity index (χ4n) is 1.26. The molecular formula is C10H11N3O5. The molecule has 0 saturated carbocycles. The normalized spacial score (nSPS) is 9.61. The minimum atomic E-state index is -1.36. The van der Waals surface area contributed by atoms with Crippen molar-refractivity contribution >= 4 is 23.4 Å². The Hall–Kier alpha value is -2.64. The predicted molar refractivity (Wildman–Crippen MR) is 62.8 cm³/mol. The van der Waals surface area contributed by atoms with Gasteiger partial charge < -0.3 is 15.7 Å². The number of nitrogens with one attached hydrogen (secondary N) is 2. The van der Waals surface area contributed by atoms with Gasteiger partial charge in [-0.25, -0.2) is 9.59 Å². The second-order valence-corrected chi connectivity index (χ2v) is 3.28. The van der Waals surface area contributed by atoms with E-state index in [9.17, 15) is 19.7 Å². The Bertz CT molecular complexity index is 500. The number of hydrogen-bond acceptors (Lipinski definition) is 4. The molecule has 3 N–H and O–H groups in total. The van der Waals surface area contributed by atoms with Gasteiger partial charge in [0.15, 0.2) is 0 Å². The van der Waals surface area contributed by atoms with Crippen molar-refractivity contribution in [2.24, 2.45) is 0 Å². The highest BCUT2D eigenvalue weighted by Gasteiger charge is 2.17. The largest absolute Gasteiger partial charge is 0.478 e. The molecule has 0 aliphatic rings. The summed E-state index contributed by atoms with van der Waals surface area (Å²) in [6, 6.07) is 2.61. The highest BCUT2D eigenvalue weighted by atomic mass is 16.6. The van der Waals surface area contributed by atoms with E-state index in [2.05, 4.69) is 10.6 Å². The standard InChI is InChI=1S/C10H11N3O5/c1-2-11-10(16)12-8-4-3-6(13(17)18)5-7(8)9(14)15/h3-5H,2H2,1H3,(H,14,15)(H2,11,12,16). The number of carboxylic acid groups (broad SMARTS) is 1. The first kappa shape index (κ1) is 13.4. The molecule has 0 unspecified atom stereocenters. The van der Waals surface area contributed by atoms with E-state index in [1.807, 2.05) is 0 Å². The molecule has 0 spiro atoms. The molecule has 0 radical (unpaired) electrons. The zero-order valence-corrected chi connectivity index (χ0v) is 9.47. The number of urea groups is 1. The zero-order valence-electron chi connectivity index (χ0n) is 9.47. The Balaban J connectivity index is 3.08. The Morgan fingerprint density at radius 3 is 2.61 bits per heavy atom. The van der Waals surface area contributed by atoms with Crippen LogP contribution in [0, 0.1) is 10.1 Å². The number of carboxylic acids is 1. The molecule has 0 aliphatic carbocycles. The maximum absolute atomic E-state index is 11.3. The molecule has 2 amide bonds. The molecule has 0 saturated heterocycles. The van der Waals surface area contributed by atoms with Crippen LogP contribution in [0.2, 0.25) is 0 Å². The third-order valence-corrected chi connectivity index (χ3v) is 2.03. The minimum absolute atomic E-state index is 0.000880.